The van der Waals surface area contributed by atoms with Gasteiger partial charge in [-0.2, -0.15) is 0 Å². The number of rotatable bonds is 6. The Kier molecular flexibility index (Phi) is 6.89. The highest BCUT2D eigenvalue weighted by Crippen LogP contribution is 2.23. The molecule has 0 spiro atoms. The molecule has 124 valence electrons. The van der Waals surface area contributed by atoms with Crippen LogP contribution >= 0.6 is 11.3 Å². The average molecular weight is 343 g/mol. The summed E-state index contributed by atoms with van der Waals surface area (Å²) in [6.45, 7) is 4.69. The number of carbonyl (C=O) groups is 1. The second kappa shape index (κ2) is 8.67. The molecule has 2 amide bonds. The number of carbonyl (C=O) groups excluding carboxylic acids is 1. The highest BCUT2D eigenvalue weighted by atomic mass is 32.2. The van der Waals surface area contributed by atoms with Gasteiger partial charge in [0.1, 0.15) is 0 Å². The van der Waals surface area contributed by atoms with Gasteiger partial charge in [0.15, 0.2) is 0 Å². The Balaban J connectivity index is 1.81. The normalized spacial score (nSPS) is 24.5. The quantitative estimate of drug-likeness (QED) is 0.834. The summed E-state index contributed by atoms with van der Waals surface area (Å²) < 4.78 is 12.1. The second-order valence-corrected chi connectivity index (χ2v) is 8.79. The van der Waals surface area contributed by atoms with Gasteiger partial charge in [-0.25, -0.2) is 4.79 Å². The van der Waals surface area contributed by atoms with E-state index in [9.17, 15) is 9.00 Å². The minimum atomic E-state index is -0.838. The lowest BCUT2D eigenvalue weighted by atomic mass is 9.95. The van der Waals surface area contributed by atoms with Crippen LogP contribution in [0.1, 0.15) is 50.3 Å². The number of thiophene rings is 1. The molecule has 0 bridgehead atoms. The molecule has 4 nitrogen and oxygen atoms in total. The van der Waals surface area contributed by atoms with Gasteiger partial charge >= 0.3 is 6.03 Å². The first kappa shape index (κ1) is 17.5. The van der Waals surface area contributed by atoms with E-state index in [-0.39, 0.29) is 17.3 Å². The third kappa shape index (κ3) is 4.81. The largest absolute Gasteiger partial charge is 0.338 e. The lowest BCUT2D eigenvalue weighted by Gasteiger charge is -2.31. The summed E-state index contributed by atoms with van der Waals surface area (Å²) in [6.07, 6.45) is 4.11. The molecule has 1 aliphatic carbocycles. The maximum Gasteiger partial charge on any atom is 0.315 e. The minimum absolute atomic E-state index is 0.0478. The third-order valence-electron chi connectivity index (χ3n) is 4.24. The lowest BCUT2D eigenvalue weighted by molar-refractivity contribution is 0.232. The Morgan fingerprint density at radius 2 is 2.23 bits per heavy atom. The summed E-state index contributed by atoms with van der Waals surface area (Å²) in [7, 11) is -0.838. The molecule has 22 heavy (non-hydrogen) atoms. The van der Waals surface area contributed by atoms with Gasteiger partial charge in [0, 0.05) is 39.9 Å². The van der Waals surface area contributed by atoms with Crippen LogP contribution in [0.5, 0.6) is 0 Å². The van der Waals surface area contributed by atoms with Crippen molar-refractivity contribution in [2.24, 2.45) is 0 Å². The Morgan fingerprint density at radius 1 is 1.45 bits per heavy atom. The molecule has 6 heteroatoms. The van der Waals surface area contributed by atoms with Crippen LogP contribution in [0.2, 0.25) is 0 Å². The van der Waals surface area contributed by atoms with Crippen molar-refractivity contribution in [3.05, 3.63) is 22.4 Å². The van der Waals surface area contributed by atoms with Gasteiger partial charge < -0.3 is 10.6 Å². The van der Waals surface area contributed by atoms with E-state index in [1.54, 1.807) is 11.3 Å². The van der Waals surface area contributed by atoms with E-state index in [0.717, 1.165) is 25.7 Å². The Hall–Kier alpha value is -0.880. The van der Waals surface area contributed by atoms with Crippen LogP contribution in [0.15, 0.2) is 17.5 Å². The van der Waals surface area contributed by atoms with Gasteiger partial charge in [0.2, 0.25) is 0 Å². The van der Waals surface area contributed by atoms with Crippen molar-refractivity contribution in [3.8, 4) is 0 Å². The molecule has 1 fully saturated rings. The smallest absolute Gasteiger partial charge is 0.315 e. The van der Waals surface area contributed by atoms with E-state index >= 15 is 0 Å². The molecule has 1 heterocycles. The van der Waals surface area contributed by atoms with Crippen LogP contribution in [0, 0.1) is 0 Å². The molecule has 0 aromatic carbocycles. The summed E-state index contributed by atoms with van der Waals surface area (Å²) >= 11 is 1.71. The molecule has 1 aromatic heterocycles. The maximum absolute atomic E-state index is 12.1. The predicted octanol–water partition coefficient (Wildman–Crippen LogP) is 3.23. The molecule has 1 aliphatic rings. The van der Waals surface area contributed by atoms with E-state index in [1.807, 2.05) is 13.0 Å². The first-order valence-electron chi connectivity index (χ1n) is 8.06. The van der Waals surface area contributed by atoms with E-state index in [1.165, 1.54) is 4.88 Å². The summed E-state index contributed by atoms with van der Waals surface area (Å²) in [5.41, 5.74) is 0. The van der Waals surface area contributed by atoms with Crippen molar-refractivity contribution in [2.75, 3.05) is 12.3 Å². The van der Waals surface area contributed by atoms with E-state index in [2.05, 4.69) is 29.0 Å². The number of amides is 2. The van der Waals surface area contributed by atoms with Crippen molar-refractivity contribution in [3.63, 3.8) is 0 Å². The molecular weight excluding hydrogens is 316 g/mol. The van der Waals surface area contributed by atoms with Gasteiger partial charge in [-0.05, 0) is 24.3 Å². The number of nitrogens with one attached hydrogen (secondary N) is 2. The van der Waals surface area contributed by atoms with Crippen LogP contribution < -0.4 is 10.6 Å². The summed E-state index contributed by atoms with van der Waals surface area (Å²) in [6, 6.07) is 4.04. The highest BCUT2D eigenvalue weighted by Gasteiger charge is 2.30. The zero-order chi connectivity index (χ0) is 15.9. The SMILES string of the molecule is CC[S@@](=O)[C@@H]1CCCC[C@@H]1NC(=O)NC[C@@H](C)c1cccs1. The van der Waals surface area contributed by atoms with Crippen molar-refractivity contribution in [2.45, 2.75) is 56.7 Å². The first-order chi connectivity index (χ1) is 10.6. The van der Waals surface area contributed by atoms with Crippen molar-refractivity contribution >= 4 is 28.2 Å². The van der Waals surface area contributed by atoms with Crippen LogP contribution in [0.4, 0.5) is 4.79 Å². The molecule has 0 saturated heterocycles. The Labute approximate surface area is 139 Å². The molecule has 0 unspecified atom stereocenters. The topological polar surface area (TPSA) is 58.2 Å². The zero-order valence-corrected chi connectivity index (χ0v) is 15.0. The van der Waals surface area contributed by atoms with Crippen molar-refractivity contribution in [1.29, 1.82) is 0 Å². The summed E-state index contributed by atoms with van der Waals surface area (Å²) in [5.74, 6) is 0.984. The van der Waals surface area contributed by atoms with Crippen molar-refractivity contribution < 1.29 is 9.00 Å². The summed E-state index contributed by atoms with van der Waals surface area (Å²) in [4.78, 5) is 13.4. The van der Waals surface area contributed by atoms with Gasteiger partial charge in [-0.15, -0.1) is 11.3 Å². The molecule has 1 saturated carbocycles. The molecule has 4 atom stereocenters. The maximum atomic E-state index is 12.1. The molecule has 0 radical (unpaired) electrons. The Bertz CT molecular complexity index is 490. The van der Waals surface area contributed by atoms with E-state index in [4.69, 9.17) is 0 Å². The number of urea groups is 1. The zero-order valence-electron chi connectivity index (χ0n) is 13.3. The molecule has 2 rings (SSSR count). The van der Waals surface area contributed by atoms with Crippen LogP contribution in [0.3, 0.4) is 0 Å². The fourth-order valence-electron chi connectivity index (χ4n) is 2.93. The van der Waals surface area contributed by atoms with Crippen LogP contribution in [-0.4, -0.2) is 33.8 Å². The molecule has 2 N–H and O–H groups in total. The van der Waals surface area contributed by atoms with E-state index < -0.39 is 10.8 Å². The number of hydrogen-bond acceptors (Lipinski definition) is 3. The molecular formula is C16H26N2O2S2. The van der Waals surface area contributed by atoms with Gasteiger partial charge in [-0.1, -0.05) is 32.8 Å². The standard InChI is InChI=1S/C16H26N2O2S2/c1-3-22(20)15-9-5-4-7-13(15)18-16(19)17-11-12(2)14-8-6-10-21-14/h6,8,10,12-13,15H,3-5,7,9,11H2,1-2H3,(H2,17,18,19)/t12-,13+,15-,22-/m1/s1. The third-order valence-corrected chi connectivity index (χ3v) is 7.15. The first-order valence-corrected chi connectivity index (χ1v) is 10.3. The average Bonchev–Trinajstić information content (AvgIpc) is 3.07. The minimum Gasteiger partial charge on any atom is -0.338 e. The summed E-state index contributed by atoms with van der Waals surface area (Å²) in [5, 5.41) is 8.16. The monoisotopic (exact) mass is 342 g/mol. The van der Waals surface area contributed by atoms with Crippen molar-refractivity contribution in [1.82, 2.24) is 10.6 Å². The lowest BCUT2D eigenvalue weighted by Crippen LogP contribution is -2.50. The number of hydrogen-bond donors (Lipinski definition) is 2. The second-order valence-electron chi connectivity index (χ2n) is 5.87. The Morgan fingerprint density at radius 3 is 2.91 bits per heavy atom. The molecule has 0 aliphatic heterocycles. The predicted molar refractivity (Wildman–Crippen MR) is 94.0 cm³/mol. The highest BCUT2D eigenvalue weighted by molar-refractivity contribution is 7.85. The van der Waals surface area contributed by atoms with Crippen LogP contribution in [0.25, 0.3) is 0 Å². The molecule has 1 aromatic rings. The van der Waals surface area contributed by atoms with Gasteiger partial charge in [-0.3, -0.25) is 4.21 Å². The van der Waals surface area contributed by atoms with Gasteiger partial charge in [0.05, 0.1) is 5.25 Å². The van der Waals surface area contributed by atoms with E-state index in [0.29, 0.717) is 18.2 Å². The fraction of sp³-hybridized carbons (Fsp3) is 0.688. The fourth-order valence-corrected chi connectivity index (χ4v) is 5.14. The van der Waals surface area contributed by atoms with Gasteiger partial charge in [0.25, 0.3) is 0 Å². The van der Waals surface area contributed by atoms with Crippen LogP contribution in [-0.2, 0) is 10.8 Å².